The molecule has 0 spiro atoms. The van der Waals surface area contributed by atoms with Gasteiger partial charge in [0.15, 0.2) is 0 Å². The third-order valence-electron chi connectivity index (χ3n) is 12.2. The van der Waals surface area contributed by atoms with Crippen LogP contribution in [0.4, 0.5) is 0 Å². The highest BCUT2D eigenvalue weighted by Gasteiger charge is 2.24. The minimum Gasteiger partial charge on any atom is -0.0885 e. The predicted molar refractivity (Wildman–Crippen MR) is 233 cm³/mol. The molecule has 300 valence electrons. The fourth-order valence-electron chi connectivity index (χ4n) is 8.72. The Morgan fingerprint density at radius 1 is 0.260 bits per heavy atom. The Morgan fingerprint density at radius 2 is 0.520 bits per heavy atom. The van der Waals surface area contributed by atoms with Gasteiger partial charge in [-0.3, -0.25) is 0 Å². The van der Waals surface area contributed by atoms with E-state index in [1.165, 1.54) is 250 Å². The second kappa shape index (κ2) is 43.1. The molecule has 50 heavy (non-hydrogen) atoms. The van der Waals surface area contributed by atoms with E-state index < -0.39 is 0 Å². The molecule has 3 atom stereocenters. The molecule has 0 N–H and O–H groups in total. The zero-order valence-electron chi connectivity index (χ0n) is 36.2. The SMILES string of the molecule is CCCCCCCC/C=C\CCCCCCCCC(CC(CCCCCC)CCCCCCCC)C(CCCCCC)CCCCCCCC. The van der Waals surface area contributed by atoms with Gasteiger partial charge in [-0.05, 0) is 49.9 Å². The van der Waals surface area contributed by atoms with Crippen molar-refractivity contribution in [3.63, 3.8) is 0 Å². The zero-order valence-corrected chi connectivity index (χ0v) is 36.2. The first kappa shape index (κ1) is 49.7. The third kappa shape index (κ3) is 36.1. The minimum atomic E-state index is 1.000. The van der Waals surface area contributed by atoms with Gasteiger partial charge >= 0.3 is 0 Å². The van der Waals surface area contributed by atoms with Crippen molar-refractivity contribution in [2.75, 3.05) is 0 Å². The zero-order chi connectivity index (χ0) is 36.4. The summed E-state index contributed by atoms with van der Waals surface area (Å²) >= 11 is 0. The first-order valence-corrected chi connectivity index (χ1v) is 24.4. The number of rotatable bonds is 43. The van der Waals surface area contributed by atoms with Gasteiger partial charge in [-0.15, -0.1) is 0 Å². The van der Waals surface area contributed by atoms with Crippen LogP contribution >= 0.6 is 0 Å². The Kier molecular flexibility index (Phi) is 42.9. The quantitative estimate of drug-likeness (QED) is 0.0439. The molecule has 0 aliphatic rings. The van der Waals surface area contributed by atoms with Crippen LogP contribution in [0.15, 0.2) is 12.2 Å². The van der Waals surface area contributed by atoms with Crippen molar-refractivity contribution < 1.29 is 0 Å². The topological polar surface area (TPSA) is 0 Å². The fraction of sp³-hybridized carbons (Fsp3) is 0.960. The van der Waals surface area contributed by atoms with Gasteiger partial charge in [0, 0.05) is 0 Å². The van der Waals surface area contributed by atoms with Crippen molar-refractivity contribution >= 4 is 0 Å². The van der Waals surface area contributed by atoms with E-state index in [1.807, 2.05) is 0 Å². The Hall–Kier alpha value is -0.260. The molecule has 0 aromatic carbocycles. The van der Waals surface area contributed by atoms with Gasteiger partial charge in [0.25, 0.3) is 0 Å². The second-order valence-electron chi connectivity index (χ2n) is 17.2. The summed E-state index contributed by atoms with van der Waals surface area (Å²) in [5.74, 6) is 3.00. The van der Waals surface area contributed by atoms with Gasteiger partial charge < -0.3 is 0 Å². The molecular weight excluding hydrogens is 601 g/mol. The lowest BCUT2D eigenvalue weighted by molar-refractivity contribution is 0.199. The molecule has 0 saturated heterocycles. The van der Waals surface area contributed by atoms with Crippen molar-refractivity contribution in [2.24, 2.45) is 17.8 Å². The molecule has 0 bridgehead atoms. The van der Waals surface area contributed by atoms with Crippen molar-refractivity contribution in [1.29, 1.82) is 0 Å². The van der Waals surface area contributed by atoms with Crippen LogP contribution in [0, 0.1) is 17.8 Å². The lowest BCUT2D eigenvalue weighted by Crippen LogP contribution is -2.20. The Balaban J connectivity index is 5.05. The van der Waals surface area contributed by atoms with Gasteiger partial charge in [0.05, 0.1) is 0 Å². The van der Waals surface area contributed by atoms with Crippen LogP contribution in [0.5, 0.6) is 0 Å². The van der Waals surface area contributed by atoms with Gasteiger partial charge in [0.1, 0.15) is 0 Å². The number of hydrogen-bond donors (Lipinski definition) is 0. The van der Waals surface area contributed by atoms with Crippen LogP contribution in [0.25, 0.3) is 0 Å². The summed E-state index contributed by atoms with van der Waals surface area (Å²) < 4.78 is 0. The molecule has 0 aromatic rings. The largest absolute Gasteiger partial charge is 0.0885 e. The number of hydrogen-bond acceptors (Lipinski definition) is 0. The molecule has 0 radical (unpaired) electrons. The molecule has 0 amide bonds. The normalized spacial score (nSPS) is 13.8. The van der Waals surface area contributed by atoms with E-state index in [0.717, 1.165) is 17.8 Å². The Morgan fingerprint density at radius 3 is 0.880 bits per heavy atom. The van der Waals surface area contributed by atoms with Crippen LogP contribution in [-0.4, -0.2) is 0 Å². The maximum Gasteiger partial charge on any atom is -0.0351 e. The van der Waals surface area contributed by atoms with Crippen molar-refractivity contribution in [3.05, 3.63) is 12.2 Å². The average Bonchev–Trinajstić information content (AvgIpc) is 3.12. The summed E-state index contributed by atoms with van der Waals surface area (Å²) in [5, 5.41) is 0. The molecule has 0 aliphatic carbocycles. The monoisotopic (exact) mass is 701 g/mol. The van der Waals surface area contributed by atoms with Crippen LogP contribution in [0.3, 0.4) is 0 Å². The molecule has 0 nitrogen and oxygen atoms in total. The van der Waals surface area contributed by atoms with E-state index in [-0.39, 0.29) is 0 Å². The van der Waals surface area contributed by atoms with Crippen LogP contribution in [0.1, 0.15) is 291 Å². The Labute approximate surface area is 320 Å². The lowest BCUT2D eigenvalue weighted by Gasteiger charge is -2.31. The van der Waals surface area contributed by atoms with Crippen molar-refractivity contribution in [3.8, 4) is 0 Å². The van der Waals surface area contributed by atoms with Gasteiger partial charge in [-0.1, -0.05) is 271 Å². The molecular formula is C50H100. The summed E-state index contributed by atoms with van der Waals surface area (Å²) in [4.78, 5) is 0. The van der Waals surface area contributed by atoms with Crippen LogP contribution < -0.4 is 0 Å². The maximum atomic E-state index is 2.49. The summed E-state index contributed by atoms with van der Waals surface area (Å²) in [7, 11) is 0. The van der Waals surface area contributed by atoms with E-state index in [2.05, 4.69) is 46.8 Å². The molecule has 0 saturated carbocycles. The average molecular weight is 701 g/mol. The number of allylic oxidation sites excluding steroid dienone is 2. The van der Waals surface area contributed by atoms with Gasteiger partial charge in [-0.25, -0.2) is 0 Å². The van der Waals surface area contributed by atoms with E-state index in [0.29, 0.717) is 0 Å². The first-order valence-electron chi connectivity index (χ1n) is 24.4. The predicted octanol–water partition coefficient (Wildman–Crippen LogP) is 19.1. The highest BCUT2D eigenvalue weighted by molar-refractivity contribution is 4.81. The molecule has 0 fully saturated rings. The summed E-state index contributed by atoms with van der Waals surface area (Å²) in [6.07, 6.45) is 63.2. The highest BCUT2D eigenvalue weighted by Crippen LogP contribution is 2.37. The smallest absolute Gasteiger partial charge is 0.0351 e. The molecule has 0 rings (SSSR count). The second-order valence-corrected chi connectivity index (χ2v) is 17.2. The summed E-state index contributed by atoms with van der Waals surface area (Å²) in [6.45, 7) is 11.8. The maximum absolute atomic E-state index is 2.49. The van der Waals surface area contributed by atoms with E-state index in [1.54, 1.807) is 6.42 Å². The van der Waals surface area contributed by atoms with Gasteiger partial charge in [-0.2, -0.15) is 0 Å². The highest BCUT2D eigenvalue weighted by atomic mass is 14.3. The van der Waals surface area contributed by atoms with E-state index in [9.17, 15) is 0 Å². The van der Waals surface area contributed by atoms with Crippen molar-refractivity contribution in [1.82, 2.24) is 0 Å². The van der Waals surface area contributed by atoms with E-state index >= 15 is 0 Å². The molecule has 0 aliphatic heterocycles. The van der Waals surface area contributed by atoms with Gasteiger partial charge in [0.2, 0.25) is 0 Å². The lowest BCUT2D eigenvalue weighted by atomic mass is 9.74. The fourth-order valence-corrected chi connectivity index (χ4v) is 8.72. The molecule has 3 unspecified atom stereocenters. The minimum absolute atomic E-state index is 1.000. The Bertz CT molecular complexity index is 618. The third-order valence-corrected chi connectivity index (χ3v) is 12.2. The standard InChI is InChI=1S/C50H100/c1-6-11-16-21-24-25-26-27-28-29-30-31-32-33-36-41-46-50(49(44-39-20-15-10-5)45-40-35-23-18-13-8-3)47-48(42-37-19-14-9-4)43-38-34-22-17-12-7-2/h27-28,48-50H,6-26,29-47H2,1-5H3/b28-27-. The number of unbranched alkanes of at least 4 members (excludes halogenated alkanes) is 28. The van der Waals surface area contributed by atoms with Crippen LogP contribution in [-0.2, 0) is 0 Å². The van der Waals surface area contributed by atoms with Crippen LogP contribution in [0.2, 0.25) is 0 Å². The molecule has 0 heterocycles. The summed E-state index contributed by atoms with van der Waals surface area (Å²) in [6, 6.07) is 0. The molecule has 0 aromatic heterocycles. The summed E-state index contributed by atoms with van der Waals surface area (Å²) in [5.41, 5.74) is 0. The molecule has 0 heteroatoms. The van der Waals surface area contributed by atoms with Crippen molar-refractivity contribution in [2.45, 2.75) is 291 Å². The first-order chi connectivity index (χ1) is 24.7. The van der Waals surface area contributed by atoms with E-state index in [4.69, 9.17) is 0 Å².